The Kier molecular flexibility index (Phi) is 9.05. The van der Waals surface area contributed by atoms with Crippen molar-refractivity contribution in [1.82, 2.24) is 25.1 Å². The second kappa shape index (κ2) is 11.5. The van der Waals surface area contributed by atoms with Crippen LogP contribution in [0, 0.1) is 0 Å². The van der Waals surface area contributed by atoms with Gasteiger partial charge in [0.2, 0.25) is 5.28 Å². The number of aliphatic imine (C=N–C) groups is 1. The highest BCUT2D eigenvalue weighted by Crippen LogP contribution is 2.19. The van der Waals surface area contributed by atoms with Crippen LogP contribution in [0.5, 0.6) is 0 Å². The zero-order valence-electron chi connectivity index (χ0n) is 18.7. The number of likely N-dealkylation sites (N-methyl/N-ethyl adjacent to an activating group) is 1. The van der Waals surface area contributed by atoms with Crippen LogP contribution >= 0.6 is 11.6 Å². The average Bonchev–Trinajstić information content (AvgIpc) is 3.37. The summed E-state index contributed by atoms with van der Waals surface area (Å²) in [5.74, 6) is -0.647. The maximum atomic E-state index is 12.8. The van der Waals surface area contributed by atoms with E-state index in [4.69, 9.17) is 11.6 Å². The molecule has 168 valence electrons. The molecule has 8 nitrogen and oxygen atoms in total. The molecular formula is C22H31ClN6O2. The van der Waals surface area contributed by atoms with Gasteiger partial charge in [-0.15, -0.1) is 0 Å². The zero-order valence-corrected chi connectivity index (χ0v) is 19.4. The standard InChI is InChI=1S/C22H31ClN6O2/c1-6-7-10-17(24-4)16(3)26-15(2)11-12-25-20(30)19-18(27-22(23)28(19)5)21(31)29-13-8-9-14-29/h6-7,10,24H,3,8-9,11-14H2,1-2,4-5H3,(H,25,30). The van der Waals surface area contributed by atoms with E-state index in [2.05, 4.69) is 27.2 Å². The van der Waals surface area contributed by atoms with Gasteiger partial charge in [-0.2, -0.15) is 0 Å². The highest BCUT2D eigenvalue weighted by Gasteiger charge is 2.29. The molecule has 2 rings (SSSR count). The first kappa shape index (κ1) is 24.4. The quantitative estimate of drug-likeness (QED) is 0.450. The van der Waals surface area contributed by atoms with Crippen LogP contribution in [0.3, 0.4) is 0 Å². The predicted molar refractivity (Wildman–Crippen MR) is 125 cm³/mol. The maximum absolute atomic E-state index is 12.8. The van der Waals surface area contributed by atoms with Crippen molar-refractivity contribution >= 4 is 29.1 Å². The fourth-order valence-corrected chi connectivity index (χ4v) is 3.42. The summed E-state index contributed by atoms with van der Waals surface area (Å²) in [6.45, 7) is 9.50. The molecule has 0 spiro atoms. The van der Waals surface area contributed by atoms with Crippen molar-refractivity contribution in [2.75, 3.05) is 26.7 Å². The minimum absolute atomic E-state index is 0.0958. The van der Waals surface area contributed by atoms with Gasteiger partial charge >= 0.3 is 0 Å². The molecule has 31 heavy (non-hydrogen) atoms. The second-order valence-electron chi connectivity index (χ2n) is 7.29. The molecule has 0 atom stereocenters. The number of hydrogen-bond donors (Lipinski definition) is 2. The first-order chi connectivity index (χ1) is 14.8. The monoisotopic (exact) mass is 446 g/mol. The lowest BCUT2D eigenvalue weighted by atomic mass is 10.2. The zero-order chi connectivity index (χ0) is 23.0. The SMILES string of the molecule is C=C(N=C(C)CCNC(=O)c1c(C(=O)N2CCCC2)nc(Cl)n1C)C(=CC=CC)NC. The Labute approximate surface area is 188 Å². The van der Waals surface area contributed by atoms with Crippen LogP contribution in [0.4, 0.5) is 0 Å². The Morgan fingerprint density at radius 2 is 2.00 bits per heavy atom. The summed E-state index contributed by atoms with van der Waals surface area (Å²) >= 11 is 6.11. The van der Waals surface area contributed by atoms with Crippen LogP contribution in [-0.2, 0) is 7.05 Å². The Bertz CT molecular complexity index is 923. The molecule has 1 aliphatic heterocycles. The molecular weight excluding hydrogens is 416 g/mol. The van der Waals surface area contributed by atoms with Crippen LogP contribution in [0.2, 0.25) is 5.28 Å². The molecule has 1 fully saturated rings. The van der Waals surface area contributed by atoms with E-state index in [0.717, 1.165) is 24.3 Å². The van der Waals surface area contributed by atoms with Crippen LogP contribution < -0.4 is 10.6 Å². The normalized spacial score (nSPS) is 14.9. The predicted octanol–water partition coefficient (Wildman–Crippen LogP) is 3.08. The Hall–Kier alpha value is -2.87. The van der Waals surface area contributed by atoms with Crippen molar-refractivity contribution in [1.29, 1.82) is 0 Å². The van der Waals surface area contributed by atoms with Crippen molar-refractivity contribution in [2.24, 2.45) is 12.0 Å². The van der Waals surface area contributed by atoms with Crippen LogP contribution in [0.15, 0.2) is 41.2 Å². The lowest BCUT2D eigenvalue weighted by Gasteiger charge is -2.15. The van der Waals surface area contributed by atoms with E-state index < -0.39 is 0 Å². The molecule has 1 aromatic rings. The summed E-state index contributed by atoms with van der Waals surface area (Å²) < 4.78 is 1.44. The van der Waals surface area contributed by atoms with Gasteiger partial charge in [0.15, 0.2) is 5.69 Å². The van der Waals surface area contributed by atoms with Gasteiger partial charge in [0, 0.05) is 45.9 Å². The summed E-state index contributed by atoms with van der Waals surface area (Å²) in [4.78, 5) is 35.9. The molecule has 1 aromatic heterocycles. The molecule has 2 heterocycles. The smallest absolute Gasteiger partial charge is 0.274 e. The summed E-state index contributed by atoms with van der Waals surface area (Å²) in [5.41, 5.74) is 2.52. The summed E-state index contributed by atoms with van der Waals surface area (Å²) in [6, 6.07) is 0. The lowest BCUT2D eigenvalue weighted by molar-refractivity contribution is 0.0779. The molecule has 2 amide bonds. The number of halogens is 1. The van der Waals surface area contributed by atoms with Crippen molar-refractivity contribution in [3.8, 4) is 0 Å². The lowest BCUT2D eigenvalue weighted by Crippen LogP contribution is -2.33. The number of allylic oxidation sites excluding steroid dienone is 3. The van der Waals surface area contributed by atoms with Gasteiger partial charge in [0.1, 0.15) is 5.69 Å². The summed E-state index contributed by atoms with van der Waals surface area (Å²) in [7, 11) is 3.43. The van der Waals surface area contributed by atoms with E-state index in [-0.39, 0.29) is 28.5 Å². The topological polar surface area (TPSA) is 91.6 Å². The molecule has 1 aliphatic rings. The van der Waals surface area contributed by atoms with Crippen LogP contribution in [0.25, 0.3) is 0 Å². The Morgan fingerprint density at radius 1 is 1.32 bits per heavy atom. The Balaban J connectivity index is 2.03. The van der Waals surface area contributed by atoms with E-state index in [9.17, 15) is 9.59 Å². The van der Waals surface area contributed by atoms with Crippen LogP contribution in [-0.4, -0.2) is 58.7 Å². The van der Waals surface area contributed by atoms with Gasteiger partial charge in [-0.3, -0.25) is 14.6 Å². The van der Waals surface area contributed by atoms with Gasteiger partial charge in [0.05, 0.1) is 11.4 Å². The average molecular weight is 447 g/mol. The molecule has 0 unspecified atom stereocenters. The molecule has 0 aliphatic carbocycles. The number of nitrogens with one attached hydrogen (secondary N) is 2. The van der Waals surface area contributed by atoms with Gasteiger partial charge in [-0.25, -0.2) is 4.98 Å². The van der Waals surface area contributed by atoms with Gasteiger partial charge < -0.3 is 20.1 Å². The Morgan fingerprint density at radius 3 is 2.61 bits per heavy atom. The third kappa shape index (κ3) is 6.30. The highest BCUT2D eigenvalue weighted by atomic mass is 35.5. The fraction of sp³-hybridized carbons (Fsp3) is 0.455. The van der Waals surface area contributed by atoms with Gasteiger partial charge in [-0.1, -0.05) is 18.7 Å². The molecule has 0 radical (unpaired) electrons. The number of carbonyl (C=O) groups excluding carboxylic acids is 2. The number of carbonyl (C=O) groups is 2. The third-order valence-corrected chi connectivity index (χ3v) is 5.32. The number of rotatable bonds is 9. The molecule has 9 heteroatoms. The summed E-state index contributed by atoms with van der Waals surface area (Å²) in [5, 5.41) is 6.01. The first-order valence-electron chi connectivity index (χ1n) is 10.3. The van der Waals surface area contributed by atoms with Gasteiger partial charge in [-0.05, 0) is 44.4 Å². The maximum Gasteiger partial charge on any atom is 0.274 e. The van der Waals surface area contributed by atoms with Crippen molar-refractivity contribution in [3.05, 3.63) is 52.9 Å². The van der Waals surface area contributed by atoms with Crippen LogP contribution in [0.1, 0.15) is 54.1 Å². The minimum Gasteiger partial charge on any atom is -0.386 e. The number of likely N-dealkylation sites (tertiary alicyclic amines) is 1. The number of imidazole rings is 1. The van der Waals surface area contributed by atoms with Crippen molar-refractivity contribution < 1.29 is 9.59 Å². The van der Waals surface area contributed by atoms with E-state index in [1.165, 1.54) is 4.57 Å². The third-order valence-electron chi connectivity index (χ3n) is 4.99. The highest BCUT2D eigenvalue weighted by molar-refractivity contribution is 6.29. The number of nitrogens with zero attached hydrogens (tertiary/aromatic N) is 4. The molecule has 0 aromatic carbocycles. The van der Waals surface area contributed by atoms with Crippen molar-refractivity contribution in [3.63, 3.8) is 0 Å². The second-order valence-corrected chi connectivity index (χ2v) is 7.63. The van der Waals surface area contributed by atoms with E-state index in [1.54, 1.807) is 11.9 Å². The van der Waals surface area contributed by atoms with E-state index in [1.807, 2.05) is 39.1 Å². The first-order valence-corrected chi connectivity index (χ1v) is 10.7. The molecule has 0 bridgehead atoms. The molecule has 2 N–H and O–H groups in total. The van der Waals surface area contributed by atoms with Crippen molar-refractivity contribution in [2.45, 2.75) is 33.1 Å². The minimum atomic E-state index is -0.389. The molecule has 1 saturated heterocycles. The molecule has 0 saturated carbocycles. The number of amides is 2. The number of hydrogen-bond acceptors (Lipinski definition) is 5. The number of aromatic nitrogens is 2. The summed E-state index contributed by atoms with van der Waals surface area (Å²) in [6.07, 6.45) is 8.17. The van der Waals surface area contributed by atoms with E-state index >= 15 is 0 Å². The fourth-order valence-electron chi connectivity index (χ4n) is 3.25. The van der Waals surface area contributed by atoms with E-state index in [0.29, 0.717) is 31.8 Å². The van der Waals surface area contributed by atoms with Gasteiger partial charge in [0.25, 0.3) is 11.8 Å². The largest absolute Gasteiger partial charge is 0.386 e.